The van der Waals surface area contributed by atoms with E-state index in [1.165, 1.54) is 24.0 Å². The van der Waals surface area contributed by atoms with Crippen molar-refractivity contribution in [3.8, 4) is 0 Å². The zero-order valence-electron chi connectivity index (χ0n) is 20.2. The Morgan fingerprint density at radius 2 is 1.53 bits per heavy atom. The van der Waals surface area contributed by atoms with Crippen LogP contribution in [-0.2, 0) is 26.5 Å². The van der Waals surface area contributed by atoms with Gasteiger partial charge in [-0.25, -0.2) is 21.1 Å². The minimum atomic E-state index is -3.60. The van der Waals surface area contributed by atoms with Gasteiger partial charge in [0.1, 0.15) is 0 Å². The van der Waals surface area contributed by atoms with Crippen LogP contribution in [0.25, 0.3) is 0 Å². The van der Waals surface area contributed by atoms with Gasteiger partial charge in [0, 0.05) is 32.6 Å². The number of allylic oxidation sites excluding steroid dienone is 1. The lowest BCUT2D eigenvalue weighted by Gasteiger charge is -2.28. The van der Waals surface area contributed by atoms with Crippen molar-refractivity contribution in [1.82, 2.24) is 8.61 Å². The molecule has 1 unspecified atom stereocenters. The molecule has 1 aliphatic heterocycles. The fourth-order valence-corrected chi connectivity index (χ4v) is 7.21. The van der Waals surface area contributed by atoms with Gasteiger partial charge < -0.3 is 0 Å². The molecule has 0 saturated heterocycles. The van der Waals surface area contributed by atoms with E-state index in [-0.39, 0.29) is 10.3 Å². The Bertz CT molecular complexity index is 1270. The number of rotatable bonds is 6. The van der Waals surface area contributed by atoms with Crippen molar-refractivity contribution in [3.05, 3.63) is 71.3 Å². The zero-order valence-corrected chi connectivity index (χ0v) is 21.8. The molecule has 6 nitrogen and oxygen atoms in total. The molecule has 2 aromatic carbocycles. The molecule has 8 heteroatoms. The lowest BCUT2D eigenvalue weighted by atomic mass is 9.94. The van der Waals surface area contributed by atoms with Crippen LogP contribution < -0.4 is 0 Å². The summed E-state index contributed by atoms with van der Waals surface area (Å²) in [4.78, 5) is 0.606. The predicted octanol–water partition coefficient (Wildman–Crippen LogP) is 4.37. The third-order valence-corrected chi connectivity index (χ3v) is 10.7. The molecule has 0 amide bonds. The molecule has 184 valence electrons. The molecule has 1 saturated carbocycles. The maximum absolute atomic E-state index is 13.6. The van der Waals surface area contributed by atoms with E-state index in [0.29, 0.717) is 24.4 Å². The molecule has 0 radical (unpaired) electrons. The minimum absolute atomic E-state index is 0.225. The fraction of sp³-hybridized carbons (Fsp3) is 0.462. The molecule has 0 bridgehead atoms. The van der Waals surface area contributed by atoms with Gasteiger partial charge in [-0.3, -0.25) is 0 Å². The third kappa shape index (κ3) is 5.15. The Labute approximate surface area is 204 Å². The van der Waals surface area contributed by atoms with E-state index in [0.717, 1.165) is 43.2 Å². The van der Waals surface area contributed by atoms with Crippen molar-refractivity contribution in [1.29, 1.82) is 0 Å². The van der Waals surface area contributed by atoms with Gasteiger partial charge in [0.2, 0.25) is 20.0 Å². The third-order valence-electron chi connectivity index (χ3n) is 6.97. The summed E-state index contributed by atoms with van der Waals surface area (Å²) in [7, 11) is -4.04. The molecule has 4 rings (SSSR count). The number of sulfonamides is 2. The Kier molecular flexibility index (Phi) is 7.06. The molecule has 1 atom stereocenters. The number of nitrogens with zero attached hydrogens (tertiary/aromatic N) is 2. The van der Waals surface area contributed by atoms with Gasteiger partial charge in [0.15, 0.2) is 0 Å². The van der Waals surface area contributed by atoms with Crippen molar-refractivity contribution in [3.63, 3.8) is 0 Å². The number of hydrogen-bond donors (Lipinski definition) is 0. The van der Waals surface area contributed by atoms with Gasteiger partial charge in [0.05, 0.1) is 9.79 Å². The van der Waals surface area contributed by atoms with Crippen LogP contribution in [0.2, 0.25) is 0 Å². The van der Waals surface area contributed by atoms with Gasteiger partial charge >= 0.3 is 0 Å². The Morgan fingerprint density at radius 3 is 2.18 bits per heavy atom. The second-order valence-corrected chi connectivity index (χ2v) is 13.9. The van der Waals surface area contributed by atoms with E-state index < -0.39 is 20.0 Å². The second-order valence-electron chi connectivity index (χ2n) is 9.80. The largest absolute Gasteiger partial charge is 0.243 e. The van der Waals surface area contributed by atoms with Crippen LogP contribution in [0.5, 0.6) is 0 Å². The first-order chi connectivity index (χ1) is 16.0. The van der Waals surface area contributed by atoms with Gasteiger partial charge in [-0.05, 0) is 68.9 Å². The molecule has 1 aliphatic carbocycles. The van der Waals surface area contributed by atoms with E-state index in [9.17, 15) is 16.8 Å². The lowest BCUT2D eigenvalue weighted by molar-refractivity contribution is 0.326. The Morgan fingerprint density at radius 1 is 0.882 bits per heavy atom. The number of fused-ring (bicyclic) bond motifs is 1. The summed E-state index contributed by atoms with van der Waals surface area (Å²) in [6.45, 7) is 2.92. The first kappa shape index (κ1) is 25.1. The van der Waals surface area contributed by atoms with E-state index in [2.05, 4.69) is 6.08 Å². The van der Waals surface area contributed by atoms with Crippen molar-refractivity contribution < 1.29 is 16.8 Å². The molecule has 1 fully saturated rings. The minimum Gasteiger partial charge on any atom is -0.207 e. The maximum atomic E-state index is 13.6. The highest BCUT2D eigenvalue weighted by Gasteiger charge is 2.50. The topological polar surface area (TPSA) is 74.8 Å². The van der Waals surface area contributed by atoms with Crippen LogP contribution in [0.1, 0.15) is 43.2 Å². The highest BCUT2D eigenvalue weighted by atomic mass is 32.2. The summed E-state index contributed by atoms with van der Waals surface area (Å²) in [5.41, 5.74) is 3.15. The monoisotopic (exact) mass is 502 g/mol. The van der Waals surface area contributed by atoms with Crippen LogP contribution in [0.3, 0.4) is 0 Å². The number of benzene rings is 2. The molecule has 0 spiro atoms. The normalized spacial score (nSPS) is 22.2. The summed E-state index contributed by atoms with van der Waals surface area (Å²) in [5.74, 6) is 0. The van der Waals surface area contributed by atoms with Crippen molar-refractivity contribution in [2.75, 3.05) is 27.2 Å². The van der Waals surface area contributed by atoms with Gasteiger partial charge in [-0.2, -0.15) is 4.31 Å². The smallest absolute Gasteiger partial charge is 0.207 e. The van der Waals surface area contributed by atoms with Gasteiger partial charge in [-0.15, -0.1) is 0 Å². The van der Waals surface area contributed by atoms with Gasteiger partial charge in [0.25, 0.3) is 0 Å². The lowest BCUT2D eigenvalue weighted by Crippen LogP contribution is -2.38. The summed E-state index contributed by atoms with van der Waals surface area (Å²) >= 11 is 0. The SMILES string of the molecule is Cc1ccc(S(=O)(=O)N2CCCCCC=C3CC3(Cc3ccc(S(=O)(=O)N(C)C)cc3)C2)cc1. The summed E-state index contributed by atoms with van der Waals surface area (Å²) in [5, 5.41) is 0. The molecule has 0 aromatic heterocycles. The first-order valence-electron chi connectivity index (χ1n) is 11.8. The van der Waals surface area contributed by atoms with Crippen molar-refractivity contribution >= 4 is 20.0 Å². The first-order valence-corrected chi connectivity index (χ1v) is 14.7. The molecule has 2 aromatic rings. The van der Waals surface area contributed by atoms with Crippen LogP contribution in [0.15, 0.2) is 70.0 Å². The predicted molar refractivity (Wildman–Crippen MR) is 135 cm³/mol. The van der Waals surface area contributed by atoms with E-state index in [4.69, 9.17) is 0 Å². The molecule has 1 heterocycles. The Hall–Kier alpha value is -2.00. The summed E-state index contributed by atoms with van der Waals surface area (Å²) in [6.07, 6.45) is 7.83. The van der Waals surface area contributed by atoms with E-state index >= 15 is 0 Å². The summed E-state index contributed by atoms with van der Waals surface area (Å²) < 4.78 is 54.9. The molecular weight excluding hydrogens is 468 g/mol. The highest BCUT2D eigenvalue weighted by Crippen LogP contribution is 2.55. The summed E-state index contributed by atoms with van der Waals surface area (Å²) in [6, 6.07) is 14.1. The number of hydrogen-bond acceptors (Lipinski definition) is 4. The quantitative estimate of drug-likeness (QED) is 0.550. The molecule has 0 N–H and O–H groups in total. The van der Waals surface area contributed by atoms with Gasteiger partial charge in [-0.1, -0.05) is 47.9 Å². The van der Waals surface area contributed by atoms with Crippen LogP contribution in [0.4, 0.5) is 0 Å². The Balaban J connectivity index is 1.62. The zero-order chi connectivity index (χ0) is 24.6. The second kappa shape index (κ2) is 9.57. The van der Waals surface area contributed by atoms with Crippen LogP contribution >= 0.6 is 0 Å². The standard InChI is InChI=1S/C26H34N2O4S2/c1-21-9-13-25(14-10-21)34(31,32)28-17-7-5-4-6-8-23-19-26(23,20-28)18-22-11-15-24(16-12-22)33(29,30)27(2)3/h8-16H,4-7,17-20H2,1-3H3. The molecular formula is C26H34N2O4S2. The van der Waals surface area contributed by atoms with Crippen LogP contribution in [-0.4, -0.2) is 52.6 Å². The van der Waals surface area contributed by atoms with Crippen molar-refractivity contribution in [2.24, 2.45) is 5.41 Å². The number of aryl methyl sites for hydroxylation is 1. The van der Waals surface area contributed by atoms with E-state index in [1.807, 2.05) is 31.2 Å². The molecule has 34 heavy (non-hydrogen) atoms. The van der Waals surface area contributed by atoms with Crippen molar-refractivity contribution in [2.45, 2.75) is 55.2 Å². The molecule has 2 aliphatic rings. The fourth-order valence-electron chi connectivity index (χ4n) is 4.75. The average molecular weight is 503 g/mol. The maximum Gasteiger partial charge on any atom is 0.243 e. The highest BCUT2D eigenvalue weighted by molar-refractivity contribution is 7.89. The average Bonchev–Trinajstić information content (AvgIpc) is 3.48. The van der Waals surface area contributed by atoms with Crippen LogP contribution in [0, 0.1) is 12.3 Å². The van der Waals surface area contributed by atoms with E-state index in [1.54, 1.807) is 28.6 Å².